The molecule has 5 aliphatic rings. The van der Waals surface area contributed by atoms with Gasteiger partial charge in [0.25, 0.3) is 0 Å². The van der Waals surface area contributed by atoms with Gasteiger partial charge in [0.15, 0.2) is 12.4 Å². The van der Waals surface area contributed by atoms with E-state index in [4.69, 9.17) is 9.47 Å². The van der Waals surface area contributed by atoms with Gasteiger partial charge in [0.05, 0.1) is 18.1 Å². The molecule has 1 aromatic carbocycles. The Morgan fingerprint density at radius 3 is 2.15 bits per heavy atom. The van der Waals surface area contributed by atoms with E-state index in [1.165, 1.54) is 41.8 Å². The molecule has 33 heavy (non-hydrogen) atoms. The first kappa shape index (κ1) is 22.7. The van der Waals surface area contributed by atoms with Gasteiger partial charge < -0.3 is 9.47 Å². The first-order valence-electron chi connectivity index (χ1n) is 11.9. The lowest BCUT2D eigenvalue weighted by Gasteiger charge is -2.55. The Labute approximate surface area is 195 Å². The van der Waals surface area contributed by atoms with Crippen LogP contribution in [0.15, 0.2) is 35.2 Å². The minimum Gasteiger partial charge on any atom is -0.455 e. The second-order valence-corrected chi connectivity index (χ2v) is 12.1. The van der Waals surface area contributed by atoms with Crippen molar-refractivity contribution < 1.29 is 27.5 Å². The highest BCUT2D eigenvalue weighted by Gasteiger charge is 2.54. The monoisotopic (exact) mass is 473 g/mol. The van der Waals surface area contributed by atoms with Crippen LogP contribution in [0, 0.1) is 23.2 Å². The predicted molar refractivity (Wildman–Crippen MR) is 122 cm³/mol. The van der Waals surface area contributed by atoms with Gasteiger partial charge in [-0.3, -0.25) is 4.79 Å². The normalized spacial score (nSPS) is 31.7. The number of Topliss-reactive ketones (excluding diaryl/α,β-unsaturated/α-hetero) is 1. The molecule has 4 aliphatic carbocycles. The van der Waals surface area contributed by atoms with Crippen LogP contribution in [0.4, 0.5) is 0 Å². The summed E-state index contributed by atoms with van der Waals surface area (Å²) in [6.07, 6.45) is 9.55. The van der Waals surface area contributed by atoms with Crippen molar-refractivity contribution >= 4 is 27.9 Å². The fourth-order valence-electron chi connectivity index (χ4n) is 6.64. The molecule has 6 rings (SSSR count). The van der Waals surface area contributed by atoms with Gasteiger partial charge in [-0.1, -0.05) is 12.1 Å². The maximum Gasteiger partial charge on any atom is 0.331 e. The summed E-state index contributed by atoms with van der Waals surface area (Å²) in [5, 5.41) is 0. The van der Waals surface area contributed by atoms with Crippen molar-refractivity contribution in [3.63, 3.8) is 0 Å². The Morgan fingerprint density at radius 1 is 1.00 bits per heavy atom. The largest absolute Gasteiger partial charge is 0.455 e. The third-order valence-electron chi connectivity index (χ3n) is 7.88. The van der Waals surface area contributed by atoms with Crippen LogP contribution in [0.1, 0.15) is 44.1 Å². The van der Waals surface area contributed by atoms with Crippen LogP contribution in [0.25, 0.3) is 6.08 Å². The summed E-state index contributed by atoms with van der Waals surface area (Å²) in [6.45, 7) is 1.32. The fraction of sp³-hybridized carbons (Fsp3) is 0.600. The van der Waals surface area contributed by atoms with Crippen LogP contribution in [-0.4, -0.2) is 57.4 Å². The van der Waals surface area contributed by atoms with Crippen molar-refractivity contribution in [2.45, 2.75) is 43.4 Å². The maximum atomic E-state index is 13.0. The van der Waals surface area contributed by atoms with Crippen molar-refractivity contribution in [2.24, 2.45) is 23.2 Å². The molecule has 0 spiro atoms. The number of hydrogen-bond acceptors (Lipinski definition) is 6. The highest BCUT2D eigenvalue weighted by atomic mass is 32.2. The Kier molecular flexibility index (Phi) is 6.18. The number of ether oxygens (including phenoxy) is 2. The summed E-state index contributed by atoms with van der Waals surface area (Å²) >= 11 is 0. The molecule has 0 unspecified atom stereocenters. The summed E-state index contributed by atoms with van der Waals surface area (Å²) in [7, 11) is -3.55. The Bertz CT molecular complexity index is 1000. The third kappa shape index (κ3) is 4.66. The Balaban J connectivity index is 1.15. The van der Waals surface area contributed by atoms with Crippen LogP contribution < -0.4 is 0 Å². The molecule has 0 N–H and O–H groups in total. The summed E-state index contributed by atoms with van der Waals surface area (Å²) in [4.78, 5) is 25.4. The lowest BCUT2D eigenvalue weighted by Crippen LogP contribution is -2.51. The van der Waals surface area contributed by atoms with Crippen LogP contribution in [0.3, 0.4) is 0 Å². The molecular formula is C25H31NO6S. The van der Waals surface area contributed by atoms with Gasteiger partial charge in [-0.25, -0.2) is 13.2 Å². The van der Waals surface area contributed by atoms with Crippen LogP contribution in [0.5, 0.6) is 0 Å². The SMILES string of the molecule is O=C(C=Cc1ccc(S(=O)(=O)N2CCOCC2)cc1)OCC(=O)C12CC3CC(CC(C3)C1)C2. The average molecular weight is 474 g/mol. The third-order valence-corrected chi connectivity index (χ3v) is 9.79. The highest BCUT2D eigenvalue weighted by molar-refractivity contribution is 7.89. The number of carbonyl (C=O) groups excluding carboxylic acids is 2. The highest BCUT2D eigenvalue weighted by Crippen LogP contribution is 2.60. The topological polar surface area (TPSA) is 90.0 Å². The zero-order chi connectivity index (χ0) is 23.1. The summed E-state index contributed by atoms with van der Waals surface area (Å²) < 4.78 is 37.3. The number of nitrogens with zero attached hydrogens (tertiary/aromatic N) is 1. The number of rotatable bonds is 7. The van der Waals surface area contributed by atoms with Gasteiger partial charge in [-0.05, 0) is 80.1 Å². The molecule has 8 heteroatoms. The Hall–Kier alpha value is -2.03. The number of benzene rings is 1. The lowest BCUT2D eigenvalue weighted by atomic mass is 9.48. The van der Waals surface area contributed by atoms with E-state index < -0.39 is 16.0 Å². The van der Waals surface area contributed by atoms with E-state index in [9.17, 15) is 18.0 Å². The first-order valence-corrected chi connectivity index (χ1v) is 13.3. The second-order valence-electron chi connectivity index (χ2n) is 10.1. The minimum absolute atomic E-state index is 0.0843. The molecule has 1 heterocycles. The molecule has 4 saturated carbocycles. The standard InChI is InChI=1S/C25H31NO6S/c27-23(25-14-19-11-20(15-25)13-21(12-19)16-25)17-32-24(28)6-3-18-1-4-22(5-2-18)33(29,30)26-7-9-31-10-8-26/h1-6,19-21H,7-17H2. The van der Waals surface area contributed by atoms with Crippen LogP contribution in [-0.2, 0) is 29.1 Å². The number of carbonyl (C=O) groups is 2. The van der Waals surface area contributed by atoms with E-state index in [0.717, 1.165) is 19.3 Å². The van der Waals surface area contributed by atoms with E-state index in [1.807, 2.05) is 0 Å². The first-order chi connectivity index (χ1) is 15.8. The number of esters is 1. The molecule has 4 bridgehead atoms. The zero-order valence-electron chi connectivity index (χ0n) is 18.8. The molecule has 0 aromatic heterocycles. The molecule has 0 atom stereocenters. The van der Waals surface area contributed by atoms with Gasteiger partial charge >= 0.3 is 5.97 Å². The number of sulfonamides is 1. The van der Waals surface area contributed by atoms with Gasteiger partial charge in [-0.15, -0.1) is 0 Å². The molecule has 0 radical (unpaired) electrons. The smallest absolute Gasteiger partial charge is 0.331 e. The Morgan fingerprint density at radius 2 is 1.58 bits per heavy atom. The van der Waals surface area contributed by atoms with Crippen molar-refractivity contribution in [3.8, 4) is 0 Å². The van der Waals surface area contributed by atoms with Crippen molar-refractivity contribution in [3.05, 3.63) is 35.9 Å². The molecule has 178 valence electrons. The molecule has 1 saturated heterocycles. The van der Waals surface area contributed by atoms with Gasteiger partial charge in [0, 0.05) is 24.6 Å². The summed E-state index contributed by atoms with van der Waals surface area (Å²) in [6, 6.07) is 6.37. The van der Waals surface area contributed by atoms with E-state index in [1.54, 1.807) is 18.2 Å². The fourth-order valence-corrected chi connectivity index (χ4v) is 8.05. The van der Waals surface area contributed by atoms with E-state index >= 15 is 0 Å². The van der Waals surface area contributed by atoms with Crippen molar-refractivity contribution in [1.82, 2.24) is 4.31 Å². The van der Waals surface area contributed by atoms with Gasteiger partial charge in [0.2, 0.25) is 10.0 Å². The summed E-state index contributed by atoms with van der Waals surface area (Å²) in [5.41, 5.74) is 0.417. The molecular weight excluding hydrogens is 442 g/mol. The lowest BCUT2D eigenvalue weighted by molar-refractivity contribution is -0.155. The number of hydrogen-bond donors (Lipinski definition) is 0. The summed E-state index contributed by atoms with van der Waals surface area (Å²) in [5.74, 6) is 1.54. The van der Waals surface area contributed by atoms with Gasteiger partial charge in [-0.2, -0.15) is 4.31 Å². The van der Waals surface area contributed by atoms with Crippen LogP contribution in [0.2, 0.25) is 0 Å². The number of ketones is 1. The maximum absolute atomic E-state index is 13.0. The minimum atomic E-state index is -3.55. The zero-order valence-corrected chi connectivity index (χ0v) is 19.6. The molecule has 1 aromatic rings. The molecule has 0 amide bonds. The van der Waals surface area contributed by atoms with Gasteiger partial charge in [0.1, 0.15) is 0 Å². The molecule has 7 nitrogen and oxygen atoms in total. The van der Waals surface area contributed by atoms with E-state index in [-0.39, 0.29) is 22.7 Å². The van der Waals surface area contributed by atoms with E-state index in [2.05, 4.69) is 0 Å². The number of morpholine rings is 1. The average Bonchev–Trinajstić information content (AvgIpc) is 2.81. The quantitative estimate of drug-likeness (QED) is 0.447. The molecule has 5 fully saturated rings. The molecule has 1 aliphatic heterocycles. The predicted octanol–water partition coefficient (Wildman–Crippen LogP) is 3.05. The second kappa shape index (κ2) is 8.96. The van der Waals surface area contributed by atoms with Crippen molar-refractivity contribution in [1.29, 1.82) is 0 Å². The van der Waals surface area contributed by atoms with E-state index in [0.29, 0.717) is 49.6 Å². The van der Waals surface area contributed by atoms with Crippen molar-refractivity contribution in [2.75, 3.05) is 32.9 Å². The van der Waals surface area contributed by atoms with Crippen LogP contribution >= 0.6 is 0 Å².